The number of nitrogens with one attached hydrogen (secondary N) is 1. The van der Waals surface area contributed by atoms with E-state index in [-0.39, 0.29) is 17.4 Å². The van der Waals surface area contributed by atoms with Gasteiger partial charge in [-0.25, -0.2) is 0 Å². The van der Waals surface area contributed by atoms with Crippen LogP contribution in [0.15, 0.2) is 6.07 Å². The van der Waals surface area contributed by atoms with Crippen molar-refractivity contribution in [1.82, 2.24) is 15.1 Å². The van der Waals surface area contributed by atoms with E-state index in [0.29, 0.717) is 12.2 Å². The van der Waals surface area contributed by atoms with Gasteiger partial charge in [0.25, 0.3) is 5.91 Å². The molecule has 17 heavy (non-hydrogen) atoms. The zero-order chi connectivity index (χ0) is 12.6. The fraction of sp³-hybridized carbons (Fsp3) is 0.667. The fourth-order valence-corrected chi connectivity index (χ4v) is 1.95. The molecule has 0 aromatic carbocycles. The van der Waals surface area contributed by atoms with Crippen molar-refractivity contribution < 1.29 is 4.79 Å². The summed E-state index contributed by atoms with van der Waals surface area (Å²) in [5.74, 6) is -0.0234. The topological polar surface area (TPSA) is 75.0 Å². The lowest BCUT2D eigenvalue weighted by atomic mass is 9.92. The number of aromatic nitrogens is 2. The first-order valence-corrected chi connectivity index (χ1v) is 5.98. The maximum absolute atomic E-state index is 12.1. The van der Waals surface area contributed by atoms with Gasteiger partial charge in [-0.05, 0) is 12.5 Å². The molecule has 0 aliphatic carbocycles. The van der Waals surface area contributed by atoms with Crippen LogP contribution in [0, 0.1) is 0 Å². The molecule has 1 aliphatic rings. The van der Waals surface area contributed by atoms with Crippen molar-refractivity contribution in [2.75, 3.05) is 13.1 Å². The standard InChI is InChI=1S/C12H20N4O/c1-12(2,3)10-6-9(14-15-10)11(17)16-5-4-8(13)7-16/h6,8H,4-5,7,13H2,1-3H3,(H,14,15)/t8-/m1/s1. The number of carbonyl (C=O) groups is 1. The second-order valence-corrected chi connectivity index (χ2v) is 5.72. The third kappa shape index (κ3) is 2.49. The molecule has 1 aliphatic heterocycles. The maximum Gasteiger partial charge on any atom is 0.274 e. The van der Waals surface area contributed by atoms with E-state index >= 15 is 0 Å². The second-order valence-electron chi connectivity index (χ2n) is 5.72. The molecule has 94 valence electrons. The van der Waals surface area contributed by atoms with Crippen LogP contribution in [0.3, 0.4) is 0 Å². The number of likely N-dealkylation sites (tertiary alicyclic amines) is 1. The molecule has 1 atom stereocenters. The maximum atomic E-state index is 12.1. The predicted molar refractivity (Wildman–Crippen MR) is 65.8 cm³/mol. The molecule has 0 saturated carbocycles. The molecule has 1 fully saturated rings. The molecular weight excluding hydrogens is 216 g/mol. The van der Waals surface area contributed by atoms with Gasteiger partial charge in [0.1, 0.15) is 5.69 Å². The highest BCUT2D eigenvalue weighted by molar-refractivity contribution is 5.92. The minimum atomic E-state index is -0.0234. The van der Waals surface area contributed by atoms with Gasteiger partial charge in [-0.1, -0.05) is 20.8 Å². The van der Waals surface area contributed by atoms with Crippen LogP contribution in [-0.2, 0) is 5.41 Å². The van der Waals surface area contributed by atoms with Crippen molar-refractivity contribution in [3.05, 3.63) is 17.5 Å². The number of hydrogen-bond donors (Lipinski definition) is 2. The fourth-order valence-electron chi connectivity index (χ4n) is 1.95. The third-order valence-electron chi connectivity index (χ3n) is 3.12. The van der Waals surface area contributed by atoms with Crippen molar-refractivity contribution in [3.63, 3.8) is 0 Å². The Balaban J connectivity index is 2.13. The number of H-pyrrole nitrogens is 1. The quantitative estimate of drug-likeness (QED) is 0.760. The molecule has 1 aromatic heterocycles. The number of nitrogens with two attached hydrogens (primary N) is 1. The Morgan fingerprint density at radius 3 is 2.76 bits per heavy atom. The van der Waals surface area contributed by atoms with E-state index in [4.69, 9.17) is 5.73 Å². The van der Waals surface area contributed by atoms with E-state index in [2.05, 4.69) is 31.0 Å². The van der Waals surface area contributed by atoms with Crippen molar-refractivity contribution in [1.29, 1.82) is 0 Å². The summed E-state index contributed by atoms with van der Waals surface area (Å²) in [7, 11) is 0. The van der Waals surface area contributed by atoms with Crippen LogP contribution in [0.1, 0.15) is 43.4 Å². The summed E-state index contributed by atoms with van der Waals surface area (Å²) >= 11 is 0. The first kappa shape index (κ1) is 12.1. The Hall–Kier alpha value is -1.36. The van der Waals surface area contributed by atoms with E-state index in [0.717, 1.165) is 18.7 Å². The predicted octanol–water partition coefficient (Wildman–Crippen LogP) is 0.880. The molecule has 5 nitrogen and oxygen atoms in total. The SMILES string of the molecule is CC(C)(C)c1cc(C(=O)N2CC[C@@H](N)C2)n[nH]1. The van der Waals surface area contributed by atoms with Crippen molar-refractivity contribution >= 4 is 5.91 Å². The normalized spacial score (nSPS) is 20.9. The van der Waals surface area contributed by atoms with Crippen molar-refractivity contribution in [2.45, 2.75) is 38.6 Å². The Labute approximate surface area is 101 Å². The van der Waals surface area contributed by atoms with Gasteiger partial charge < -0.3 is 10.6 Å². The van der Waals surface area contributed by atoms with E-state index in [1.165, 1.54) is 0 Å². The molecule has 5 heteroatoms. The molecule has 2 heterocycles. The first-order chi connectivity index (χ1) is 7.88. The summed E-state index contributed by atoms with van der Waals surface area (Å²) < 4.78 is 0. The van der Waals surface area contributed by atoms with Gasteiger partial charge in [0, 0.05) is 30.2 Å². The van der Waals surface area contributed by atoms with Crippen LogP contribution in [0.5, 0.6) is 0 Å². The van der Waals surface area contributed by atoms with E-state index in [9.17, 15) is 4.79 Å². The van der Waals surface area contributed by atoms with Crippen LogP contribution < -0.4 is 5.73 Å². The van der Waals surface area contributed by atoms with Crippen LogP contribution in [-0.4, -0.2) is 40.1 Å². The highest BCUT2D eigenvalue weighted by Gasteiger charge is 2.27. The average molecular weight is 236 g/mol. The van der Waals surface area contributed by atoms with Crippen LogP contribution in [0.2, 0.25) is 0 Å². The van der Waals surface area contributed by atoms with Gasteiger partial charge in [0.15, 0.2) is 0 Å². The summed E-state index contributed by atoms with van der Waals surface area (Å²) in [5.41, 5.74) is 7.24. The van der Waals surface area contributed by atoms with E-state index in [1.807, 2.05) is 6.07 Å². The smallest absolute Gasteiger partial charge is 0.274 e. The monoisotopic (exact) mass is 236 g/mol. The van der Waals surface area contributed by atoms with Crippen LogP contribution in [0.4, 0.5) is 0 Å². The highest BCUT2D eigenvalue weighted by Crippen LogP contribution is 2.21. The third-order valence-corrected chi connectivity index (χ3v) is 3.12. The van der Waals surface area contributed by atoms with Gasteiger partial charge in [-0.15, -0.1) is 0 Å². The molecular formula is C12H20N4O. The highest BCUT2D eigenvalue weighted by atomic mass is 16.2. The van der Waals surface area contributed by atoms with Gasteiger partial charge in [-0.3, -0.25) is 9.89 Å². The molecule has 1 saturated heterocycles. The number of hydrogen-bond acceptors (Lipinski definition) is 3. The number of amides is 1. The zero-order valence-corrected chi connectivity index (χ0v) is 10.7. The number of carbonyl (C=O) groups excluding carboxylic acids is 1. The van der Waals surface area contributed by atoms with E-state index < -0.39 is 0 Å². The molecule has 0 bridgehead atoms. The van der Waals surface area contributed by atoms with Crippen LogP contribution in [0.25, 0.3) is 0 Å². The van der Waals surface area contributed by atoms with Gasteiger partial charge >= 0.3 is 0 Å². The molecule has 1 aromatic rings. The number of nitrogens with zero attached hydrogens (tertiary/aromatic N) is 2. The average Bonchev–Trinajstić information content (AvgIpc) is 2.83. The summed E-state index contributed by atoms with van der Waals surface area (Å²) in [4.78, 5) is 13.9. The zero-order valence-electron chi connectivity index (χ0n) is 10.7. The lowest BCUT2D eigenvalue weighted by Crippen LogP contribution is -2.32. The second kappa shape index (κ2) is 4.14. The summed E-state index contributed by atoms with van der Waals surface area (Å²) in [6.07, 6.45) is 0.877. The Morgan fingerprint density at radius 2 is 2.29 bits per heavy atom. The molecule has 1 amide bonds. The molecule has 0 radical (unpaired) electrons. The van der Waals surface area contributed by atoms with Gasteiger partial charge in [0.05, 0.1) is 0 Å². The molecule has 0 unspecified atom stereocenters. The van der Waals surface area contributed by atoms with Crippen molar-refractivity contribution in [2.24, 2.45) is 5.73 Å². The summed E-state index contributed by atoms with van der Waals surface area (Å²) in [6.45, 7) is 7.62. The number of aromatic amines is 1. The Morgan fingerprint density at radius 1 is 1.59 bits per heavy atom. The van der Waals surface area contributed by atoms with Crippen LogP contribution >= 0.6 is 0 Å². The minimum absolute atomic E-state index is 0.0209. The lowest BCUT2D eigenvalue weighted by molar-refractivity contribution is 0.0785. The molecule has 0 spiro atoms. The van der Waals surface area contributed by atoms with Gasteiger partial charge in [0.2, 0.25) is 0 Å². The number of rotatable bonds is 1. The Kier molecular flexibility index (Phi) is 2.95. The summed E-state index contributed by atoms with van der Waals surface area (Å²) in [6, 6.07) is 1.95. The minimum Gasteiger partial charge on any atom is -0.336 e. The van der Waals surface area contributed by atoms with Gasteiger partial charge in [-0.2, -0.15) is 5.10 Å². The first-order valence-electron chi connectivity index (χ1n) is 5.98. The molecule has 2 rings (SSSR count). The largest absolute Gasteiger partial charge is 0.336 e. The molecule has 3 N–H and O–H groups in total. The lowest BCUT2D eigenvalue weighted by Gasteiger charge is -2.15. The Bertz CT molecular complexity index is 418. The van der Waals surface area contributed by atoms with Crippen molar-refractivity contribution in [3.8, 4) is 0 Å². The van der Waals surface area contributed by atoms with E-state index in [1.54, 1.807) is 4.90 Å². The summed E-state index contributed by atoms with van der Waals surface area (Å²) in [5, 5.41) is 7.03.